The molecule has 0 radical (unpaired) electrons. The van der Waals surface area contributed by atoms with Crippen LogP contribution in [0.3, 0.4) is 0 Å². The molecule has 1 aromatic carbocycles. The first-order valence-electron chi connectivity index (χ1n) is 6.00. The quantitative estimate of drug-likeness (QED) is 0.780. The summed E-state index contributed by atoms with van der Waals surface area (Å²) in [5, 5.41) is 4.93. The minimum Gasteiger partial charge on any atom is -0.312 e. The third-order valence-corrected chi connectivity index (χ3v) is 5.01. The molecule has 0 aliphatic heterocycles. The van der Waals surface area contributed by atoms with Gasteiger partial charge in [-0.05, 0) is 42.8 Å². The van der Waals surface area contributed by atoms with E-state index in [0.29, 0.717) is 6.04 Å². The van der Waals surface area contributed by atoms with Gasteiger partial charge < -0.3 is 5.32 Å². The molecular formula is C14H17NS. The highest BCUT2D eigenvalue weighted by Gasteiger charge is 2.27. The molecule has 2 aromatic rings. The smallest absolute Gasteiger partial charge is 0.0415 e. The number of benzene rings is 1. The zero-order valence-corrected chi connectivity index (χ0v) is 10.6. The van der Waals surface area contributed by atoms with Gasteiger partial charge >= 0.3 is 0 Å². The molecule has 1 aliphatic carbocycles. The van der Waals surface area contributed by atoms with Crippen LogP contribution in [0.4, 0.5) is 0 Å². The Morgan fingerprint density at radius 2 is 2.06 bits per heavy atom. The van der Waals surface area contributed by atoms with Gasteiger partial charge in [-0.25, -0.2) is 0 Å². The molecule has 2 atom stereocenters. The summed E-state index contributed by atoms with van der Waals surface area (Å²) in [7, 11) is 2.08. The van der Waals surface area contributed by atoms with Gasteiger partial charge in [0, 0.05) is 15.6 Å². The van der Waals surface area contributed by atoms with E-state index in [9.17, 15) is 0 Å². The van der Waals surface area contributed by atoms with Crippen LogP contribution in [0.5, 0.6) is 0 Å². The van der Waals surface area contributed by atoms with Crippen molar-refractivity contribution < 1.29 is 0 Å². The topological polar surface area (TPSA) is 12.0 Å². The molecule has 1 heterocycles. The molecule has 0 fully saturated rings. The fraction of sp³-hybridized carbons (Fsp3) is 0.429. The van der Waals surface area contributed by atoms with E-state index in [1.54, 1.807) is 10.4 Å². The summed E-state index contributed by atoms with van der Waals surface area (Å²) in [5.41, 5.74) is 1.60. The fourth-order valence-electron chi connectivity index (χ4n) is 2.82. The van der Waals surface area contributed by atoms with Gasteiger partial charge in [0.2, 0.25) is 0 Å². The molecule has 0 saturated heterocycles. The number of fused-ring (bicyclic) bond motifs is 3. The number of hydrogen-bond acceptors (Lipinski definition) is 2. The molecule has 1 nitrogen and oxygen atoms in total. The Hall–Kier alpha value is -0.860. The first kappa shape index (κ1) is 10.3. The molecule has 84 valence electrons. The maximum Gasteiger partial charge on any atom is 0.0415 e. The van der Waals surface area contributed by atoms with Crippen molar-refractivity contribution in [3.63, 3.8) is 0 Å². The van der Waals surface area contributed by atoms with Crippen molar-refractivity contribution >= 4 is 21.4 Å². The van der Waals surface area contributed by atoms with E-state index < -0.39 is 0 Å². The minimum absolute atomic E-state index is 0.573. The Labute approximate surface area is 100 Å². The number of rotatable bonds is 1. The lowest BCUT2D eigenvalue weighted by molar-refractivity contribution is 0.470. The summed E-state index contributed by atoms with van der Waals surface area (Å²) >= 11 is 1.97. The lowest BCUT2D eigenvalue weighted by atomic mass is 9.84. The Kier molecular flexibility index (Phi) is 2.49. The highest BCUT2D eigenvalue weighted by molar-refractivity contribution is 7.19. The van der Waals surface area contributed by atoms with Gasteiger partial charge in [-0.3, -0.25) is 0 Å². The number of thiophene rings is 1. The van der Waals surface area contributed by atoms with Crippen molar-refractivity contribution in [1.82, 2.24) is 5.32 Å². The third-order valence-electron chi connectivity index (χ3n) is 3.71. The third kappa shape index (κ3) is 1.40. The summed E-state index contributed by atoms with van der Waals surface area (Å²) in [6.45, 7) is 2.36. The van der Waals surface area contributed by atoms with E-state index in [-0.39, 0.29) is 0 Å². The molecule has 0 amide bonds. The average Bonchev–Trinajstić information content (AvgIpc) is 2.69. The van der Waals surface area contributed by atoms with E-state index in [0.717, 1.165) is 5.92 Å². The molecule has 1 N–H and O–H groups in total. The summed E-state index contributed by atoms with van der Waals surface area (Å²) in [6.07, 6.45) is 2.58. The first-order chi connectivity index (χ1) is 7.81. The second-order valence-corrected chi connectivity index (χ2v) is 5.78. The Bertz CT molecular complexity index is 514. The van der Waals surface area contributed by atoms with Crippen molar-refractivity contribution in [3.8, 4) is 0 Å². The van der Waals surface area contributed by atoms with Crippen molar-refractivity contribution in [2.75, 3.05) is 7.05 Å². The summed E-state index contributed by atoms with van der Waals surface area (Å²) in [6, 6.07) is 9.40. The SMILES string of the molecule is CNC1CCC(C)c2c1sc1ccccc21. The van der Waals surface area contributed by atoms with Gasteiger partial charge in [0.25, 0.3) is 0 Å². The predicted molar refractivity (Wildman–Crippen MR) is 71.3 cm³/mol. The Morgan fingerprint density at radius 1 is 1.25 bits per heavy atom. The maximum atomic E-state index is 3.45. The monoisotopic (exact) mass is 231 g/mol. The Morgan fingerprint density at radius 3 is 2.88 bits per heavy atom. The first-order valence-corrected chi connectivity index (χ1v) is 6.81. The number of hydrogen-bond donors (Lipinski definition) is 1. The fourth-order valence-corrected chi connectivity index (χ4v) is 4.29. The maximum absolute atomic E-state index is 3.45. The van der Waals surface area contributed by atoms with Crippen LogP contribution in [-0.2, 0) is 0 Å². The molecule has 0 bridgehead atoms. The van der Waals surface area contributed by atoms with Gasteiger partial charge in [0.1, 0.15) is 0 Å². The van der Waals surface area contributed by atoms with Gasteiger partial charge in [0.15, 0.2) is 0 Å². The Balaban J connectivity index is 2.27. The molecule has 2 heteroatoms. The standard InChI is InChI=1S/C14H17NS/c1-9-7-8-11(15-2)14-13(9)10-5-3-4-6-12(10)16-14/h3-6,9,11,15H,7-8H2,1-2H3. The lowest BCUT2D eigenvalue weighted by Crippen LogP contribution is -2.21. The van der Waals surface area contributed by atoms with E-state index in [1.807, 2.05) is 11.3 Å². The van der Waals surface area contributed by atoms with Crippen LogP contribution in [0.25, 0.3) is 10.1 Å². The normalized spacial score (nSPS) is 24.6. The highest BCUT2D eigenvalue weighted by atomic mass is 32.1. The molecule has 3 rings (SSSR count). The molecule has 1 aliphatic rings. The zero-order valence-electron chi connectivity index (χ0n) is 9.79. The average molecular weight is 231 g/mol. The molecule has 0 spiro atoms. The zero-order chi connectivity index (χ0) is 11.1. The van der Waals surface area contributed by atoms with Crippen molar-refractivity contribution in [2.24, 2.45) is 0 Å². The van der Waals surface area contributed by atoms with E-state index in [4.69, 9.17) is 0 Å². The lowest BCUT2D eigenvalue weighted by Gasteiger charge is -2.26. The minimum atomic E-state index is 0.573. The van der Waals surface area contributed by atoms with Gasteiger partial charge in [-0.1, -0.05) is 25.1 Å². The second kappa shape index (κ2) is 3.86. The molecule has 2 unspecified atom stereocenters. The van der Waals surface area contributed by atoms with Crippen LogP contribution in [0, 0.1) is 0 Å². The van der Waals surface area contributed by atoms with Crippen LogP contribution >= 0.6 is 11.3 Å². The van der Waals surface area contributed by atoms with Gasteiger partial charge in [0.05, 0.1) is 0 Å². The van der Waals surface area contributed by atoms with E-state index in [1.165, 1.54) is 22.9 Å². The molecular weight excluding hydrogens is 214 g/mol. The summed E-state index contributed by atoms with van der Waals surface area (Å²) < 4.78 is 1.45. The van der Waals surface area contributed by atoms with E-state index in [2.05, 4.69) is 43.6 Å². The van der Waals surface area contributed by atoms with Crippen molar-refractivity contribution in [3.05, 3.63) is 34.7 Å². The van der Waals surface area contributed by atoms with Crippen LogP contribution in [0.2, 0.25) is 0 Å². The number of nitrogens with one attached hydrogen (secondary N) is 1. The highest BCUT2D eigenvalue weighted by Crippen LogP contribution is 2.45. The largest absolute Gasteiger partial charge is 0.312 e. The van der Waals surface area contributed by atoms with E-state index >= 15 is 0 Å². The van der Waals surface area contributed by atoms with Crippen LogP contribution < -0.4 is 5.32 Å². The van der Waals surface area contributed by atoms with Crippen molar-refractivity contribution in [1.29, 1.82) is 0 Å². The van der Waals surface area contributed by atoms with Crippen LogP contribution in [0.1, 0.15) is 42.2 Å². The second-order valence-electron chi connectivity index (χ2n) is 4.70. The van der Waals surface area contributed by atoms with Gasteiger partial charge in [-0.15, -0.1) is 11.3 Å². The molecule has 1 aromatic heterocycles. The van der Waals surface area contributed by atoms with Crippen LogP contribution in [-0.4, -0.2) is 7.05 Å². The van der Waals surface area contributed by atoms with Gasteiger partial charge in [-0.2, -0.15) is 0 Å². The van der Waals surface area contributed by atoms with Crippen LogP contribution in [0.15, 0.2) is 24.3 Å². The van der Waals surface area contributed by atoms with Crippen molar-refractivity contribution in [2.45, 2.75) is 31.7 Å². The summed E-state index contributed by atoms with van der Waals surface area (Å²) in [4.78, 5) is 1.57. The predicted octanol–water partition coefficient (Wildman–Crippen LogP) is 4.06. The summed E-state index contributed by atoms with van der Waals surface area (Å²) in [5.74, 6) is 0.718. The molecule has 16 heavy (non-hydrogen) atoms. The molecule has 0 saturated carbocycles.